The number of ketones is 1. The van der Waals surface area contributed by atoms with E-state index in [0.717, 1.165) is 6.26 Å². The summed E-state index contributed by atoms with van der Waals surface area (Å²) in [5.74, 6) is -0.845. The summed E-state index contributed by atoms with van der Waals surface area (Å²) in [7, 11) is -3.62. The molecule has 0 fully saturated rings. The van der Waals surface area contributed by atoms with Gasteiger partial charge in [-0.25, -0.2) is 17.8 Å². The third-order valence-corrected chi connectivity index (χ3v) is 5.32. The standard InChI is InChI=1S/C16H15ClN4O4S/c1-3-20-16(23)11(9-19-20)15(22)10-5-6-12(26(2,24)25)14(13(10)17)21-8-4-7-18-21/h4-9,23H,3H2,1-2H3. The molecule has 2 aromatic heterocycles. The number of aromatic hydroxyl groups is 1. The fourth-order valence-corrected chi connectivity index (χ4v) is 3.81. The van der Waals surface area contributed by atoms with Crippen LogP contribution in [-0.2, 0) is 16.4 Å². The molecule has 10 heteroatoms. The van der Waals surface area contributed by atoms with Gasteiger partial charge in [0.05, 0.1) is 16.1 Å². The van der Waals surface area contributed by atoms with Crippen molar-refractivity contribution in [3.63, 3.8) is 0 Å². The fourth-order valence-electron chi connectivity index (χ4n) is 2.55. The minimum absolute atomic E-state index is 0.0210. The minimum Gasteiger partial charge on any atom is -0.493 e. The number of aryl methyl sites for hydroxylation is 1. The molecule has 26 heavy (non-hydrogen) atoms. The van der Waals surface area contributed by atoms with Crippen LogP contribution in [0.1, 0.15) is 22.8 Å². The number of sulfone groups is 1. The molecule has 1 aromatic carbocycles. The largest absolute Gasteiger partial charge is 0.493 e. The molecule has 0 unspecified atom stereocenters. The highest BCUT2D eigenvalue weighted by Gasteiger charge is 2.26. The van der Waals surface area contributed by atoms with Gasteiger partial charge in [0, 0.05) is 30.8 Å². The van der Waals surface area contributed by atoms with Gasteiger partial charge in [-0.3, -0.25) is 4.79 Å². The fraction of sp³-hybridized carbons (Fsp3) is 0.188. The maximum absolute atomic E-state index is 12.8. The van der Waals surface area contributed by atoms with Crippen molar-refractivity contribution in [2.45, 2.75) is 18.4 Å². The van der Waals surface area contributed by atoms with Crippen molar-refractivity contribution < 1.29 is 18.3 Å². The Morgan fingerprint density at radius 2 is 2.00 bits per heavy atom. The van der Waals surface area contributed by atoms with E-state index in [1.165, 1.54) is 40.1 Å². The van der Waals surface area contributed by atoms with Gasteiger partial charge in [-0.1, -0.05) is 11.6 Å². The van der Waals surface area contributed by atoms with E-state index in [9.17, 15) is 18.3 Å². The molecular formula is C16H15ClN4O4S. The zero-order valence-corrected chi connectivity index (χ0v) is 15.5. The van der Waals surface area contributed by atoms with E-state index in [1.807, 2.05) is 0 Å². The summed E-state index contributed by atoms with van der Waals surface area (Å²) in [4.78, 5) is 12.8. The predicted octanol–water partition coefficient (Wildman–Crippen LogP) is 2.08. The third kappa shape index (κ3) is 2.99. The van der Waals surface area contributed by atoms with E-state index >= 15 is 0 Å². The normalized spacial score (nSPS) is 11.7. The van der Waals surface area contributed by atoms with Crippen molar-refractivity contribution in [2.75, 3.05) is 6.26 Å². The van der Waals surface area contributed by atoms with Crippen LogP contribution < -0.4 is 0 Å². The van der Waals surface area contributed by atoms with E-state index in [-0.39, 0.29) is 32.6 Å². The second-order valence-corrected chi connectivity index (χ2v) is 7.89. The third-order valence-electron chi connectivity index (χ3n) is 3.81. The number of benzene rings is 1. The molecular weight excluding hydrogens is 380 g/mol. The highest BCUT2D eigenvalue weighted by atomic mass is 35.5. The Bertz CT molecular complexity index is 1090. The number of carbonyl (C=O) groups excluding carboxylic acids is 1. The molecule has 3 aromatic rings. The van der Waals surface area contributed by atoms with Crippen LogP contribution in [0.25, 0.3) is 5.69 Å². The van der Waals surface area contributed by atoms with Crippen LogP contribution in [0.4, 0.5) is 0 Å². The van der Waals surface area contributed by atoms with Gasteiger partial charge >= 0.3 is 0 Å². The first-order valence-electron chi connectivity index (χ1n) is 7.57. The number of nitrogens with zero attached hydrogens (tertiary/aromatic N) is 4. The van der Waals surface area contributed by atoms with E-state index in [0.29, 0.717) is 6.54 Å². The second kappa shape index (κ2) is 6.58. The molecule has 0 aliphatic carbocycles. The highest BCUT2D eigenvalue weighted by Crippen LogP contribution is 2.33. The zero-order valence-electron chi connectivity index (χ0n) is 13.9. The maximum Gasteiger partial charge on any atom is 0.220 e. The van der Waals surface area contributed by atoms with E-state index in [4.69, 9.17) is 11.6 Å². The first-order chi connectivity index (χ1) is 12.3. The smallest absolute Gasteiger partial charge is 0.220 e. The lowest BCUT2D eigenvalue weighted by molar-refractivity contribution is 0.103. The van der Waals surface area contributed by atoms with Gasteiger partial charge in [0.15, 0.2) is 9.84 Å². The van der Waals surface area contributed by atoms with Crippen molar-refractivity contribution in [1.82, 2.24) is 19.6 Å². The van der Waals surface area contributed by atoms with E-state index in [2.05, 4.69) is 10.2 Å². The quantitative estimate of drug-likeness (QED) is 0.664. The van der Waals surface area contributed by atoms with Crippen LogP contribution >= 0.6 is 11.6 Å². The van der Waals surface area contributed by atoms with Gasteiger partial charge < -0.3 is 5.11 Å². The lowest BCUT2D eigenvalue weighted by Crippen LogP contribution is -2.11. The number of hydrogen-bond acceptors (Lipinski definition) is 6. The van der Waals surface area contributed by atoms with Gasteiger partial charge in [0.25, 0.3) is 0 Å². The molecule has 0 aliphatic rings. The Labute approximate surface area is 154 Å². The van der Waals surface area contributed by atoms with Crippen LogP contribution in [0.5, 0.6) is 5.88 Å². The number of halogens is 1. The molecule has 0 amide bonds. The van der Waals surface area contributed by atoms with Crippen LogP contribution in [0.2, 0.25) is 5.02 Å². The molecule has 0 aliphatic heterocycles. The van der Waals surface area contributed by atoms with Crippen LogP contribution in [0, 0.1) is 0 Å². The number of aromatic nitrogens is 4. The molecule has 0 saturated carbocycles. The van der Waals surface area contributed by atoms with E-state index < -0.39 is 15.6 Å². The van der Waals surface area contributed by atoms with Crippen molar-refractivity contribution in [3.8, 4) is 11.6 Å². The topological polar surface area (TPSA) is 107 Å². The Kier molecular flexibility index (Phi) is 4.59. The van der Waals surface area contributed by atoms with Crippen LogP contribution in [-0.4, -0.2) is 45.1 Å². The molecule has 0 saturated heterocycles. The molecule has 2 heterocycles. The molecule has 3 rings (SSSR count). The molecule has 0 atom stereocenters. The van der Waals surface area contributed by atoms with Crippen molar-refractivity contribution >= 4 is 27.2 Å². The molecule has 0 radical (unpaired) electrons. The summed E-state index contributed by atoms with van der Waals surface area (Å²) in [5.41, 5.74) is 0.0928. The first kappa shape index (κ1) is 18.2. The maximum atomic E-state index is 12.8. The lowest BCUT2D eigenvalue weighted by Gasteiger charge is -2.13. The summed E-state index contributed by atoms with van der Waals surface area (Å²) in [6.07, 6.45) is 5.28. The minimum atomic E-state index is -3.62. The molecule has 136 valence electrons. The summed E-state index contributed by atoms with van der Waals surface area (Å²) >= 11 is 6.39. The zero-order chi connectivity index (χ0) is 19.1. The first-order valence-corrected chi connectivity index (χ1v) is 9.84. The number of carbonyl (C=O) groups is 1. The van der Waals surface area contributed by atoms with Gasteiger partial charge in [-0.2, -0.15) is 10.2 Å². The summed E-state index contributed by atoms with van der Waals surface area (Å²) in [6, 6.07) is 4.22. The lowest BCUT2D eigenvalue weighted by atomic mass is 10.0. The monoisotopic (exact) mass is 394 g/mol. The Hall–Kier alpha value is -2.65. The van der Waals surface area contributed by atoms with Gasteiger partial charge in [-0.05, 0) is 25.1 Å². The summed E-state index contributed by atoms with van der Waals surface area (Å²) in [5, 5.41) is 18.0. The Morgan fingerprint density at radius 3 is 2.54 bits per heavy atom. The van der Waals surface area contributed by atoms with Crippen molar-refractivity contribution in [2.24, 2.45) is 0 Å². The van der Waals surface area contributed by atoms with Crippen LogP contribution in [0.15, 0.2) is 41.7 Å². The van der Waals surface area contributed by atoms with E-state index in [1.54, 1.807) is 13.0 Å². The average Bonchev–Trinajstić information content (AvgIpc) is 3.22. The molecule has 0 spiro atoms. The highest BCUT2D eigenvalue weighted by molar-refractivity contribution is 7.90. The van der Waals surface area contributed by atoms with Gasteiger partial charge in [0.1, 0.15) is 11.3 Å². The SMILES string of the molecule is CCn1ncc(C(=O)c2ccc(S(C)(=O)=O)c(-n3cccn3)c2Cl)c1O. The Balaban J connectivity index is 2.23. The Morgan fingerprint density at radius 1 is 1.27 bits per heavy atom. The molecule has 0 bridgehead atoms. The molecule has 1 N–H and O–H groups in total. The van der Waals surface area contributed by atoms with Crippen LogP contribution in [0.3, 0.4) is 0 Å². The number of rotatable bonds is 5. The summed E-state index contributed by atoms with van der Waals surface area (Å²) < 4.78 is 26.8. The average molecular weight is 395 g/mol. The van der Waals surface area contributed by atoms with Gasteiger partial charge in [0.2, 0.25) is 11.7 Å². The predicted molar refractivity (Wildman–Crippen MR) is 94.7 cm³/mol. The van der Waals surface area contributed by atoms with Crippen molar-refractivity contribution in [1.29, 1.82) is 0 Å². The number of hydrogen-bond donors (Lipinski definition) is 1. The second-order valence-electron chi connectivity index (χ2n) is 5.52. The van der Waals surface area contributed by atoms with Crippen molar-refractivity contribution in [3.05, 3.63) is 52.9 Å². The summed E-state index contributed by atoms with van der Waals surface area (Å²) in [6.45, 7) is 2.16. The van der Waals surface area contributed by atoms with Gasteiger partial charge in [-0.15, -0.1) is 0 Å². The molecule has 8 nitrogen and oxygen atoms in total.